The van der Waals surface area contributed by atoms with E-state index in [0.717, 1.165) is 17.7 Å². The number of hydrogen-bond acceptors (Lipinski definition) is 3. The van der Waals surface area contributed by atoms with Gasteiger partial charge in [0.1, 0.15) is 0 Å². The molecule has 0 aliphatic carbocycles. The van der Waals surface area contributed by atoms with Crippen molar-refractivity contribution in [2.75, 3.05) is 7.11 Å². The second kappa shape index (κ2) is 8.30. The zero-order chi connectivity index (χ0) is 16.7. The third-order valence-corrected chi connectivity index (χ3v) is 3.82. The molecule has 0 N–H and O–H groups in total. The molecule has 23 heavy (non-hydrogen) atoms. The highest BCUT2D eigenvalue weighted by atomic mass is 16.5. The molecule has 3 heteroatoms. The number of benzene rings is 2. The average Bonchev–Trinajstić information content (AvgIpc) is 2.60. The molecule has 0 aliphatic heterocycles. The fourth-order valence-corrected chi connectivity index (χ4v) is 2.42. The van der Waals surface area contributed by atoms with Crippen molar-refractivity contribution in [1.29, 1.82) is 0 Å². The van der Waals surface area contributed by atoms with E-state index in [2.05, 4.69) is 36.9 Å². The monoisotopic (exact) mass is 308 g/mol. The minimum atomic E-state index is -0.358. The van der Waals surface area contributed by atoms with E-state index in [0.29, 0.717) is 0 Å². The number of hydrogen-bond donors (Lipinski definition) is 0. The van der Waals surface area contributed by atoms with Crippen LogP contribution in [0, 0.1) is 7.05 Å². The molecule has 0 heterocycles. The Morgan fingerprint density at radius 3 is 2.52 bits per heavy atom. The van der Waals surface area contributed by atoms with E-state index in [1.165, 1.54) is 18.7 Å². The second-order valence-corrected chi connectivity index (χ2v) is 5.39. The molecule has 2 rings (SSSR count). The maximum atomic E-state index is 11.3. The summed E-state index contributed by atoms with van der Waals surface area (Å²) >= 11 is 0. The van der Waals surface area contributed by atoms with Crippen molar-refractivity contribution in [3.8, 4) is 0 Å². The molecule has 0 aliphatic rings. The van der Waals surface area contributed by atoms with E-state index in [4.69, 9.17) is 0 Å². The summed E-state index contributed by atoms with van der Waals surface area (Å²) in [5, 5.41) is 0. The smallest absolute Gasteiger partial charge is 0.330 e. The van der Waals surface area contributed by atoms with Crippen molar-refractivity contribution >= 4 is 12.0 Å². The lowest BCUT2D eigenvalue weighted by molar-refractivity contribution is -0.134. The Balaban J connectivity index is 2.16. The molecule has 0 saturated carbocycles. The summed E-state index contributed by atoms with van der Waals surface area (Å²) in [7, 11) is 5.55. The fourth-order valence-electron chi connectivity index (χ4n) is 2.42. The highest BCUT2D eigenvalue weighted by molar-refractivity contribution is 5.87. The first kappa shape index (κ1) is 17.0. The molecule has 0 spiro atoms. The molecule has 1 atom stereocenters. The predicted octanol–water partition coefficient (Wildman–Crippen LogP) is 4.23. The van der Waals surface area contributed by atoms with Crippen molar-refractivity contribution in [3.05, 3.63) is 84.4 Å². The zero-order valence-corrected chi connectivity index (χ0v) is 13.6. The number of rotatable bonds is 6. The first-order valence-corrected chi connectivity index (χ1v) is 7.58. The molecule has 0 saturated heterocycles. The largest absolute Gasteiger partial charge is 0.466 e. The van der Waals surface area contributed by atoms with Gasteiger partial charge in [0.05, 0.1) is 7.11 Å². The van der Waals surface area contributed by atoms with Crippen LogP contribution in [-0.2, 0) is 16.1 Å². The second-order valence-electron chi connectivity index (χ2n) is 5.39. The van der Waals surface area contributed by atoms with Crippen molar-refractivity contribution < 1.29 is 9.53 Å². The van der Waals surface area contributed by atoms with Crippen LogP contribution in [0.4, 0.5) is 0 Å². The minimum Gasteiger partial charge on any atom is -0.466 e. The van der Waals surface area contributed by atoms with E-state index >= 15 is 0 Å². The van der Waals surface area contributed by atoms with Gasteiger partial charge in [-0.1, -0.05) is 54.6 Å². The Morgan fingerprint density at radius 1 is 1.17 bits per heavy atom. The molecule has 2 aromatic carbocycles. The SMILES string of the molecule is [CH2]N(Cc1ccccc1)C(C)c1ccccc1/C=C/C(=O)OC. The number of nitrogens with zero attached hydrogens (tertiary/aromatic N) is 1. The van der Waals surface area contributed by atoms with Gasteiger partial charge < -0.3 is 4.74 Å². The molecule has 2 aromatic rings. The van der Waals surface area contributed by atoms with Crippen molar-refractivity contribution in [2.24, 2.45) is 0 Å². The highest BCUT2D eigenvalue weighted by Crippen LogP contribution is 2.25. The van der Waals surface area contributed by atoms with Crippen LogP contribution in [0.25, 0.3) is 6.08 Å². The van der Waals surface area contributed by atoms with Gasteiger partial charge in [0.2, 0.25) is 0 Å². The van der Waals surface area contributed by atoms with Gasteiger partial charge in [-0.05, 0) is 29.7 Å². The standard InChI is InChI=1S/C20H22NO2/c1-16(21(2)15-17-9-5-4-6-10-17)19-12-8-7-11-18(19)13-14-20(22)23-3/h4-14,16H,2,15H2,1,3H3/b14-13+. The third kappa shape index (κ3) is 4.80. The van der Waals surface area contributed by atoms with E-state index in [-0.39, 0.29) is 12.0 Å². The third-order valence-electron chi connectivity index (χ3n) is 3.82. The minimum absolute atomic E-state index is 0.119. The maximum absolute atomic E-state index is 11.3. The molecule has 0 fully saturated rings. The lowest BCUT2D eigenvalue weighted by Gasteiger charge is -2.26. The van der Waals surface area contributed by atoms with Gasteiger partial charge in [0.15, 0.2) is 0 Å². The number of ether oxygens (including phenoxy) is 1. The van der Waals surface area contributed by atoms with E-state index in [1.54, 1.807) is 6.08 Å². The van der Waals surface area contributed by atoms with Crippen LogP contribution in [0.1, 0.15) is 29.7 Å². The average molecular weight is 308 g/mol. The molecule has 3 nitrogen and oxygen atoms in total. The fraction of sp³-hybridized carbons (Fsp3) is 0.200. The Hall–Kier alpha value is -2.39. The Bertz CT molecular complexity index is 664. The molecule has 0 aromatic heterocycles. The first-order valence-electron chi connectivity index (χ1n) is 7.58. The number of carbonyl (C=O) groups is 1. The summed E-state index contributed by atoms with van der Waals surface area (Å²) < 4.78 is 4.65. The topological polar surface area (TPSA) is 29.5 Å². The summed E-state index contributed by atoms with van der Waals surface area (Å²) in [5.41, 5.74) is 3.34. The summed E-state index contributed by atoms with van der Waals surface area (Å²) in [6, 6.07) is 18.4. The lowest BCUT2D eigenvalue weighted by Crippen LogP contribution is -2.20. The summed E-state index contributed by atoms with van der Waals surface area (Å²) in [6.07, 6.45) is 3.23. The van der Waals surface area contributed by atoms with Gasteiger partial charge in [-0.3, -0.25) is 4.90 Å². The van der Waals surface area contributed by atoms with Gasteiger partial charge in [0.25, 0.3) is 0 Å². The Kier molecular flexibility index (Phi) is 6.12. The number of carbonyl (C=O) groups excluding carboxylic acids is 1. The quantitative estimate of drug-likeness (QED) is 0.591. The Labute approximate surface area is 138 Å². The van der Waals surface area contributed by atoms with Crippen molar-refractivity contribution in [2.45, 2.75) is 19.5 Å². The van der Waals surface area contributed by atoms with Crippen molar-refractivity contribution in [3.63, 3.8) is 0 Å². The van der Waals surface area contributed by atoms with Crippen LogP contribution in [0.15, 0.2) is 60.7 Å². The molecule has 0 amide bonds. The molecule has 0 bridgehead atoms. The lowest BCUT2D eigenvalue weighted by atomic mass is 9.99. The highest BCUT2D eigenvalue weighted by Gasteiger charge is 2.14. The van der Waals surface area contributed by atoms with Crippen LogP contribution < -0.4 is 0 Å². The number of esters is 1. The molecular weight excluding hydrogens is 286 g/mol. The summed E-state index contributed by atoms with van der Waals surface area (Å²) in [4.78, 5) is 13.4. The maximum Gasteiger partial charge on any atom is 0.330 e. The van der Waals surface area contributed by atoms with E-state index in [9.17, 15) is 4.79 Å². The normalized spacial score (nSPS) is 12.5. The van der Waals surface area contributed by atoms with Crippen LogP contribution in [-0.4, -0.2) is 18.0 Å². The molecular formula is C20H22NO2. The van der Waals surface area contributed by atoms with Crippen LogP contribution in [0.3, 0.4) is 0 Å². The summed E-state index contributed by atoms with van der Waals surface area (Å²) in [6.45, 7) is 2.87. The summed E-state index contributed by atoms with van der Waals surface area (Å²) in [5.74, 6) is -0.358. The van der Waals surface area contributed by atoms with Gasteiger partial charge in [-0.25, -0.2) is 4.79 Å². The molecule has 1 unspecified atom stereocenters. The van der Waals surface area contributed by atoms with Crippen LogP contribution >= 0.6 is 0 Å². The molecule has 1 radical (unpaired) electrons. The molecule has 119 valence electrons. The first-order chi connectivity index (χ1) is 11.1. The van der Waals surface area contributed by atoms with Gasteiger partial charge >= 0.3 is 5.97 Å². The van der Waals surface area contributed by atoms with Gasteiger partial charge in [0, 0.05) is 25.7 Å². The van der Waals surface area contributed by atoms with Gasteiger partial charge in [-0.2, -0.15) is 0 Å². The van der Waals surface area contributed by atoms with E-state index in [1.807, 2.05) is 41.3 Å². The van der Waals surface area contributed by atoms with Crippen molar-refractivity contribution in [1.82, 2.24) is 4.90 Å². The van der Waals surface area contributed by atoms with Crippen LogP contribution in [0.2, 0.25) is 0 Å². The number of methoxy groups -OCH3 is 1. The predicted molar refractivity (Wildman–Crippen MR) is 93.2 cm³/mol. The van der Waals surface area contributed by atoms with Gasteiger partial charge in [-0.15, -0.1) is 0 Å². The van der Waals surface area contributed by atoms with E-state index < -0.39 is 0 Å². The van der Waals surface area contributed by atoms with Crippen LogP contribution in [0.5, 0.6) is 0 Å². The Morgan fingerprint density at radius 2 is 1.83 bits per heavy atom. The zero-order valence-electron chi connectivity index (χ0n) is 13.6.